The summed E-state index contributed by atoms with van der Waals surface area (Å²) in [4.78, 5) is 48.3. The molecular weight excluding hydrogens is 630 g/mol. The average Bonchev–Trinajstić information content (AvgIpc) is 3.03. The molecule has 2 aromatic carbocycles. The second kappa shape index (κ2) is 28.3. The quantitative estimate of drug-likeness (QED) is 0.0629. The summed E-state index contributed by atoms with van der Waals surface area (Å²) in [5, 5.41) is 17.2. The molecule has 0 unspecified atom stereocenters. The maximum atomic E-state index is 11.7. The van der Waals surface area contributed by atoms with Crippen LogP contribution in [0.2, 0.25) is 0 Å². The molecule has 0 aliphatic carbocycles. The number of unbranched alkanes of at least 4 members (excludes halogenated alkanes) is 8. The highest BCUT2D eigenvalue weighted by Gasteiger charge is 2.07. The van der Waals surface area contributed by atoms with Crippen molar-refractivity contribution in [2.75, 3.05) is 0 Å². The number of hydrogen-bond donors (Lipinski definition) is 3. The topological polar surface area (TPSA) is 122 Å². The number of aromatic nitrogens is 1. The van der Waals surface area contributed by atoms with Crippen LogP contribution in [0, 0.1) is 0 Å². The van der Waals surface area contributed by atoms with Gasteiger partial charge in [0.1, 0.15) is 0 Å². The van der Waals surface area contributed by atoms with Crippen LogP contribution in [-0.2, 0) is 9.59 Å². The van der Waals surface area contributed by atoms with Crippen LogP contribution in [0.1, 0.15) is 112 Å². The van der Waals surface area contributed by atoms with E-state index in [0.717, 1.165) is 35.5 Å². The Labute approximate surface area is 282 Å². The van der Waals surface area contributed by atoms with Gasteiger partial charge < -0.3 is 10.2 Å². The Bertz CT molecular complexity index is 1180. The molecule has 0 atom stereocenters. The lowest BCUT2D eigenvalue weighted by atomic mass is 10.1. The largest absolute Gasteiger partial charge is 0.478 e. The fourth-order valence-electron chi connectivity index (χ4n) is 3.51. The van der Waals surface area contributed by atoms with Crippen molar-refractivity contribution in [3.8, 4) is 0 Å². The molecule has 1 heterocycles. The number of thiol groups is 1. The van der Waals surface area contributed by atoms with Gasteiger partial charge in [0.15, 0.2) is 5.12 Å². The summed E-state index contributed by atoms with van der Waals surface area (Å²) in [6, 6.07) is 18.5. The molecule has 45 heavy (non-hydrogen) atoms. The number of rotatable bonds is 15. The summed E-state index contributed by atoms with van der Waals surface area (Å²) >= 11 is 10.4. The maximum absolute atomic E-state index is 11.7. The minimum Gasteiger partial charge on any atom is -0.478 e. The normalized spacial score (nSPS) is 9.69. The second-order valence-electron chi connectivity index (χ2n) is 9.86. The van der Waals surface area contributed by atoms with Gasteiger partial charge in [0.05, 0.1) is 11.1 Å². The standard InChI is InChI=1S/C15H20O3S.C8H15ClO.C7H6O2S.C5H5N/c1-2-3-4-5-6-7-14(16)19-13-10-8-12(9-11-13)15(17)18;1-2-3-4-5-6-7-8(9)10;8-7(9)5-1-3-6(10)4-2-5;1-2-4-6-5-3-1/h8-11H,2-7H2,1H3,(H,17,18);2-7H2,1H3;1-4,10H,(H,8,9);1-5H. The van der Waals surface area contributed by atoms with Crippen LogP contribution in [0.15, 0.2) is 88.9 Å². The fourth-order valence-corrected chi connectivity index (χ4v) is 4.57. The molecule has 0 saturated heterocycles. The molecule has 0 radical (unpaired) electrons. The molecule has 0 bridgehead atoms. The first-order chi connectivity index (χ1) is 21.6. The van der Waals surface area contributed by atoms with E-state index in [1.165, 1.54) is 74.6 Å². The van der Waals surface area contributed by atoms with E-state index in [1.807, 2.05) is 18.2 Å². The van der Waals surface area contributed by atoms with Gasteiger partial charge in [-0.15, -0.1) is 12.6 Å². The molecule has 3 rings (SSSR count). The van der Waals surface area contributed by atoms with Crippen molar-refractivity contribution in [2.45, 2.75) is 101 Å². The average molecular weight is 676 g/mol. The summed E-state index contributed by atoms with van der Waals surface area (Å²) in [7, 11) is 0. The third-order valence-corrected chi connectivity index (χ3v) is 7.40. The summed E-state index contributed by atoms with van der Waals surface area (Å²) < 4.78 is 0. The summed E-state index contributed by atoms with van der Waals surface area (Å²) in [6.45, 7) is 4.34. The summed E-state index contributed by atoms with van der Waals surface area (Å²) in [5.41, 5.74) is 0.536. The second-order valence-corrected chi connectivity index (χ2v) is 11.9. The van der Waals surface area contributed by atoms with Crippen LogP contribution in [0.3, 0.4) is 0 Å². The zero-order valence-corrected chi connectivity index (χ0v) is 28.7. The molecule has 0 fully saturated rings. The molecule has 1 aromatic heterocycles. The minimum atomic E-state index is -0.946. The first-order valence-electron chi connectivity index (χ1n) is 15.2. The first-order valence-corrected chi connectivity index (χ1v) is 16.8. The number of pyridine rings is 1. The van der Waals surface area contributed by atoms with Gasteiger partial charge in [0, 0.05) is 35.0 Å². The Morgan fingerprint density at radius 1 is 0.667 bits per heavy atom. The molecule has 0 saturated carbocycles. The van der Waals surface area contributed by atoms with Crippen molar-refractivity contribution < 1.29 is 29.4 Å². The van der Waals surface area contributed by atoms with Crippen LogP contribution >= 0.6 is 36.0 Å². The molecule has 10 heteroatoms. The highest BCUT2D eigenvalue weighted by Crippen LogP contribution is 2.22. The Kier molecular flexibility index (Phi) is 26.4. The van der Waals surface area contributed by atoms with Gasteiger partial charge in [-0.25, -0.2) is 9.59 Å². The number of aromatic carboxylic acids is 2. The number of benzene rings is 2. The summed E-state index contributed by atoms with van der Waals surface area (Å²) in [5.74, 6) is -1.85. The summed E-state index contributed by atoms with van der Waals surface area (Å²) in [6.07, 6.45) is 16.2. The van der Waals surface area contributed by atoms with Crippen molar-refractivity contribution in [1.29, 1.82) is 0 Å². The number of halogens is 1. The number of nitrogens with zero attached hydrogens (tertiary/aromatic N) is 1. The van der Waals surface area contributed by atoms with Crippen molar-refractivity contribution >= 4 is 58.3 Å². The fraction of sp³-hybridized carbons (Fsp3) is 0.400. The predicted molar refractivity (Wildman–Crippen MR) is 187 cm³/mol. The van der Waals surface area contributed by atoms with Crippen LogP contribution < -0.4 is 0 Å². The van der Waals surface area contributed by atoms with Gasteiger partial charge in [-0.2, -0.15) is 0 Å². The van der Waals surface area contributed by atoms with Crippen LogP contribution in [-0.4, -0.2) is 37.5 Å². The smallest absolute Gasteiger partial charge is 0.335 e. The van der Waals surface area contributed by atoms with Crippen LogP contribution in [0.4, 0.5) is 0 Å². The Hall–Kier alpha value is -3.14. The number of carboxylic acid groups (broad SMARTS) is 2. The number of thioether (sulfide) groups is 1. The molecule has 0 aliphatic heterocycles. The van der Waals surface area contributed by atoms with Gasteiger partial charge in [0.25, 0.3) is 0 Å². The SMILES string of the molecule is CCCCCCCC(=O)Cl.CCCCCCCC(=O)Sc1ccc(C(=O)O)cc1.O=C(O)c1ccc(S)cc1.c1ccncc1. The van der Waals surface area contributed by atoms with Crippen molar-refractivity contribution in [2.24, 2.45) is 0 Å². The zero-order valence-electron chi connectivity index (χ0n) is 26.2. The first kappa shape index (κ1) is 41.9. The van der Waals surface area contributed by atoms with E-state index in [1.54, 1.807) is 36.7 Å². The maximum Gasteiger partial charge on any atom is 0.335 e. The lowest BCUT2D eigenvalue weighted by Crippen LogP contribution is -1.96. The number of carbonyl (C=O) groups excluding carboxylic acids is 2. The third-order valence-electron chi connectivity index (χ3n) is 5.98. The van der Waals surface area contributed by atoms with Gasteiger partial charge in [-0.05, 0) is 85.1 Å². The Morgan fingerprint density at radius 2 is 1.11 bits per heavy atom. The van der Waals surface area contributed by atoms with Crippen LogP contribution in [0.25, 0.3) is 0 Å². The van der Waals surface area contributed by atoms with Crippen molar-refractivity contribution in [3.63, 3.8) is 0 Å². The lowest BCUT2D eigenvalue weighted by molar-refractivity contribution is -0.112. The monoisotopic (exact) mass is 675 g/mol. The van der Waals surface area contributed by atoms with E-state index < -0.39 is 11.9 Å². The molecule has 0 amide bonds. The molecule has 0 spiro atoms. The van der Waals surface area contributed by atoms with E-state index in [-0.39, 0.29) is 21.5 Å². The highest BCUT2D eigenvalue weighted by atomic mass is 35.5. The minimum absolute atomic E-state index is 0.152. The number of hydrogen-bond acceptors (Lipinski definition) is 7. The third kappa shape index (κ3) is 25.8. The number of carbonyl (C=O) groups is 4. The molecule has 246 valence electrons. The Morgan fingerprint density at radius 3 is 1.49 bits per heavy atom. The molecule has 2 N–H and O–H groups in total. The van der Waals surface area contributed by atoms with E-state index in [4.69, 9.17) is 21.8 Å². The van der Waals surface area contributed by atoms with Gasteiger partial charge in [-0.1, -0.05) is 83.0 Å². The van der Waals surface area contributed by atoms with Gasteiger partial charge in [0.2, 0.25) is 5.24 Å². The van der Waals surface area contributed by atoms with Gasteiger partial charge in [-0.3, -0.25) is 14.6 Å². The van der Waals surface area contributed by atoms with E-state index >= 15 is 0 Å². The Balaban J connectivity index is 0.000000628. The van der Waals surface area contributed by atoms with Crippen molar-refractivity contribution in [1.82, 2.24) is 4.98 Å². The molecular formula is C35H46ClNO6S2. The van der Waals surface area contributed by atoms with Crippen LogP contribution in [0.5, 0.6) is 0 Å². The highest BCUT2D eigenvalue weighted by molar-refractivity contribution is 8.13. The predicted octanol–water partition coefficient (Wildman–Crippen LogP) is 10.2. The molecule has 0 aliphatic rings. The van der Waals surface area contributed by atoms with E-state index in [2.05, 4.69) is 31.5 Å². The number of carboxylic acids is 2. The zero-order chi connectivity index (χ0) is 33.7. The molecule has 7 nitrogen and oxygen atoms in total. The van der Waals surface area contributed by atoms with Crippen molar-refractivity contribution in [3.05, 3.63) is 90.3 Å². The molecule has 3 aromatic rings. The van der Waals surface area contributed by atoms with E-state index in [0.29, 0.717) is 12.8 Å². The van der Waals surface area contributed by atoms with E-state index in [9.17, 15) is 19.2 Å². The lowest BCUT2D eigenvalue weighted by Gasteiger charge is -2.02. The van der Waals surface area contributed by atoms with Gasteiger partial charge >= 0.3 is 11.9 Å².